The summed E-state index contributed by atoms with van der Waals surface area (Å²) < 4.78 is 53.6. The molecule has 1 heterocycles. The van der Waals surface area contributed by atoms with Crippen LogP contribution in [0.2, 0.25) is 0 Å². The van der Waals surface area contributed by atoms with E-state index in [1.54, 1.807) is 0 Å². The van der Waals surface area contributed by atoms with Gasteiger partial charge in [-0.1, -0.05) is 0 Å². The second kappa shape index (κ2) is 7.62. The van der Waals surface area contributed by atoms with Gasteiger partial charge in [0, 0.05) is 11.3 Å². The molecule has 0 unspecified atom stereocenters. The summed E-state index contributed by atoms with van der Waals surface area (Å²) in [4.78, 5) is 26.7. The van der Waals surface area contributed by atoms with E-state index in [9.17, 15) is 27.2 Å². The van der Waals surface area contributed by atoms with E-state index in [4.69, 9.17) is 5.73 Å². The van der Waals surface area contributed by atoms with Gasteiger partial charge in [0.25, 0.3) is 5.91 Å². The first-order valence-corrected chi connectivity index (χ1v) is 8.02. The first kappa shape index (κ1) is 19.9. The topological polar surface area (TPSA) is 102 Å². The molecule has 7 nitrogen and oxygen atoms in total. The molecule has 0 saturated heterocycles. The van der Waals surface area contributed by atoms with Crippen LogP contribution in [0.5, 0.6) is 0 Å². The number of halogens is 4. The van der Waals surface area contributed by atoms with Crippen molar-refractivity contribution in [3.63, 3.8) is 0 Å². The maximum absolute atomic E-state index is 13.8. The number of alkyl halides is 3. The van der Waals surface area contributed by atoms with E-state index < -0.39 is 29.2 Å². The number of nitrogens with two attached hydrogens (primary N) is 1. The second-order valence-corrected chi connectivity index (χ2v) is 5.80. The summed E-state index contributed by atoms with van der Waals surface area (Å²) in [5.41, 5.74) is 4.77. The molecule has 0 radical (unpaired) electrons. The highest BCUT2D eigenvalue weighted by Gasteiger charge is 2.31. The lowest BCUT2D eigenvalue weighted by Crippen LogP contribution is -2.14. The van der Waals surface area contributed by atoms with Gasteiger partial charge in [-0.25, -0.2) is 9.37 Å². The van der Waals surface area contributed by atoms with Gasteiger partial charge in [-0.2, -0.15) is 13.2 Å². The summed E-state index contributed by atoms with van der Waals surface area (Å²) in [7, 11) is 0. The van der Waals surface area contributed by atoms with E-state index in [-0.39, 0.29) is 17.2 Å². The van der Waals surface area contributed by atoms with Crippen LogP contribution >= 0.6 is 0 Å². The molecule has 1 aromatic heterocycles. The molecular formula is C18H13F4N5O2. The van der Waals surface area contributed by atoms with Crippen molar-refractivity contribution < 1.29 is 27.2 Å². The Balaban J connectivity index is 1.80. The molecule has 3 rings (SSSR count). The quantitative estimate of drug-likeness (QED) is 0.445. The molecule has 0 spiro atoms. The summed E-state index contributed by atoms with van der Waals surface area (Å²) in [6, 6.07) is 7.50. The zero-order chi connectivity index (χ0) is 21.2. The fourth-order valence-electron chi connectivity index (χ4n) is 2.50. The Morgan fingerprint density at radius 2 is 1.83 bits per heavy atom. The van der Waals surface area contributed by atoms with E-state index in [1.165, 1.54) is 35.2 Å². The number of rotatable bonds is 5. The van der Waals surface area contributed by atoms with Gasteiger partial charge in [-0.3, -0.25) is 14.2 Å². The average Bonchev–Trinajstić information content (AvgIpc) is 3.03. The highest BCUT2D eigenvalue weighted by Crippen LogP contribution is 2.32. The molecule has 150 valence electrons. The van der Waals surface area contributed by atoms with Gasteiger partial charge in [-0.05, 0) is 42.5 Å². The molecule has 3 aromatic rings. The molecular weight excluding hydrogens is 394 g/mol. The SMILES string of the molecule is Nc1c(NC=O)ncn1-c1ccc(C(=O)Nc2cc(C(F)(F)F)ccc2F)cc1. The third kappa shape index (κ3) is 4.18. The van der Waals surface area contributed by atoms with Crippen LogP contribution in [0, 0.1) is 5.82 Å². The minimum Gasteiger partial charge on any atom is -0.382 e. The predicted octanol–water partition coefficient (Wildman–Crippen LogP) is 3.43. The first-order valence-electron chi connectivity index (χ1n) is 8.02. The molecule has 2 amide bonds. The van der Waals surface area contributed by atoms with Gasteiger partial charge < -0.3 is 16.4 Å². The van der Waals surface area contributed by atoms with E-state index in [1.807, 2.05) is 0 Å². The standard InChI is InChI=1S/C18H13F4N5O2/c19-13-6-3-11(18(20,21)22)7-14(13)26-17(29)10-1-4-12(5-2-10)27-8-24-16(15(27)23)25-9-28/h1-9H,23H2,(H,25,28)(H,26,29). The van der Waals surface area contributed by atoms with Crippen molar-refractivity contribution in [1.82, 2.24) is 9.55 Å². The van der Waals surface area contributed by atoms with Crippen molar-refractivity contribution in [3.05, 3.63) is 65.7 Å². The molecule has 0 atom stereocenters. The number of imidazole rings is 1. The smallest absolute Gasteiger partial charge is 0.382 e. The maximum Gasteiger partial charge on any atom is 0.416 e. The number of hydrogen-bond donors (Lipinski definition) is 3. The van der Waals surface area contributed by atoms with Crippen LogP contribution < -0.4 is 16.4 Å². The van der Waals surface area contributed by atoms with Crippen molar-refractivity contribution in [1.29, 1.82) is 0 Å². The number of carbonyl (C=O) groups is 2. The van der Waals surface area contributed by atoms with Crippen molar-refractivity contribution in [2.75, 3.05) is 16.4 Å². The monoisotopic (exact) mass is 407 g/mol. The second-order valence-electron chi connectivity index (χ2n) is 5.80. The Labute approximate surface area is 161 Å². The number of hydrogen-bond acceptors (Lipinski definition) is 4. The average molecular weight is 407 g/mol. The zero-order valence-corrected chi connectivity index (χ0v) is 14.5. The molecule has 0 aliphatic carbocycles. The number of benzene rings is 2. The van der Waals surface area contributed by atoms with Gasteiger partial charge in [0.1, 0.15) is 12.1 Å². The summed E-state index contributed by atoms with van der Waals surface area (Å²) >= 11 is 0. The zero-order valence-electron chi connectivity index (χ0n) is 14.5. The molecule has 0 aliphatic rings. The van der Waals surface area contributed by atoms with E-state index >= 15 is 0 Å². The lowest BCUT2D eigenvalue weighted by molar-refractivity contribution is -0.137. The van der Waals surface area contributed by atoms with Crippen molar-refractivity contribution in [2.24, 2.45) is 0 Å². The number of nitrogens with zero attached hydrogens (tertiary/aromatic N) is 2. The van der Waals surface area contributed by atoms with Crippen molar-refractivity contribution in [2.45, 2.75) is 6.18 Å². The third-order valence-electron chi connectivity index (χ3n) is 3.95. The molecule has 2 aromatic carbocycles. The van der Waals surface area contributed by atoms with Gasteiger partial charge in [-0.15, -0.1) is 0 Å². The van der Waals surface area contributed by atoms with Crippen LogP contribution in [-0.2, 0) is 11.0 Å². The number of nitrogen functional groups attached to an aromatic ring is 1. The van der Waals surface area contributed by atoms with E-state index in [0.717, 1.165) is 0 Å². The van der Waals surface area contributed by atoms with Crippen molar-refractivity contribution >= 4 is 29.6 Å². The highest BCUT2D eigenvalue weighted by molar-refractivity contribution is 6.04. The van der Waals surface area contributed by atoms with Crippen LogP contribution in [0.15, 0.2) is 48.8 Å². The van der Waals surface area contributed by atoms with E-state index in [0.29, 0.717) is 30.3 Å². The third-order valence-corrected chi connectivity index (χ3v) is 3.95. The van der Waals surface area contributed by atoms with Gasteiger partial charge >= 0.3 is 6.18 Å². The fourth-order valence-corrected chi connectivity index (χ4v) is 2.50. The lowest BCUT2D eigenvalue weighted by Gasteiger charge is -2.11. The van der Waals surface area contributed by atoms with Crippen LogP contribution in [0.1, 0.15) is 15.9 Å². The predicted molar refractivity (Wildman–Crippen MR) is 97.0 cm³/mol. The van der Waals surface area contributed by atoms with Gasteiger partial charge in [0.2, 0.25) is 6.41 Å². The summed E-state index contributed by atoms with van der Waals surface area (Å²) in [6.07, 6.45) is -2.89. The first-order chi connectivity index (χ1) is 13.7. The van der Waals surface area contributed by atoms with Crippen LogP contribution in [-0.4, -0.2) is 21.9 Å². The van der Waals surface area contributed by atoms with E-state index in [2.05, 4.69) is 15.6 Å². The van der Waals surface area contributed by atoms with Crippen LogP contribution in [0.4, 0.5) is 34.9 Å². The minimum atomic E-state index is -4.67. The molecule has 0 saturated carbocycles. The lowest BCUT2D eigenvalue weighted by atomic mass is 10.1. The maximum atomic E-state index is 13.8. The fraction of sp³-hybridized carbons (Fsp3) is 0.0556. The van der Waals surface area contributed by atoms with Crippen LogP contribution in [0.3, 0.4) is 0 Å². The molecule has 29 heavy (non-hydrogen) atoms. The Hall–Kier alpha value is -3.89. The molecule has 11 heteroatoms. The molecule has 4 N–H and O–H groups in total. The minimum absolute atomic E-state index is 0.0792. The number of anilines is 3. The number of aromatic nitrogens is 2. The Morgan fingerprint density at radius 3 is 2.45 bits per heavy atom. The molecule has 0 aliphatic heterocycles. The van der Waals surface area contributed by atoms with Gasteiger partial charge in [0.15, 0.2) is 11.6 Å². The molecule has 0 bridgehead atoms. The highest BCUT2D eigenvalue weighted by atomic mass is 19.4. The summed E-state index contributed by atoms with van der Waals surface area (Å²) in [5.74, 6) is -1.48. The summed E-state index contributed by atoms with van der Waals surface area (Å²) in [6.45, 7) is 0. The number of amides is 2. The Morgan fingerprint density at radius 1 is 1.14 bits per heavy atom. The number of nitrogens with one attached hydrogen (secondary N) is 2. The molecule has 0 fully saturated rings. The normalized spacial score (nSPS) is 11.2. The Bertz CT molecular complexity index is 1060. The van der Waals surface area contributed by atoms with Gasteiger partial charge in [0.05, 0.1) is 11.3 Å². The number of carbonyl (C=O) groups excluding carboxylic acids is 2. The van der Waals surface area contributed by atoms with Crippen LogP contribution in [0.25, 0.3) is 5.69 Å². The largest absolute Gasteiger partial charge is 0.416 e. The summed E-state index contributed by atoms with van der Waals surface area (Å²) in [5, 5.41) is 4.45. The van der Waals surface area contributed by atoms with Crippen molar-refractivity contribution in [3.8, 4) is 5.69 Å². The Kier molecular flexibility index (Phi) is 5.22.